The maximum absolute atomic E-state index is 12.3. The van der Waals surface area contributed by atoms with Crippen molar-refractivity contribution in [1.29, 1.82) is 0 Å². The fraction of sp³-hybridized carbons (Fsp3) is 0.400. The molecule has 6 nitrogen and oxygen atoms in total. The summed E-state index contributed by atoms with van der Waals surface area (Å²) in [7, 11) is 0. The largest absolute Gasteiger partial charge is 0.494 e. The molecule has 3 rings (SSSR count). The third-order valence-corrected chi connectivity index (χ3v) is 4.43. The summed E-state index contributed by atoms with van der Waals surface area (Å²) < 4.78 is 5.44. The molecular formula is C20H24N4O2. The third kappa shape index (κ3) is 4.88. The Morgan fingerprint density at radius 2 is 2.00 bits per heavy atom. The molecule has 0 aliphatic heterocycles. The van der Waals surface area contributed by atoms with E-state index in [2.05, 4.69) is 20.5 Å². The van der Waals surface area contributed by atoms with Crippen LogP contribution in [-0.4, -0.2) is 28.7 Å². The zero-order chi connectivity index (χ0) is 18.2. The van der Waals surface area contributed by atoms with Gasteiger partial charge in [0.05, 0.1) is 24.7 Å². The molecule has 26 heavy (non-hydrogen) atoms. The summed E-state index contributed by atoms with van der Waals surface area (Å²) in [5.41, 5.74) is 4.32. The van der Waals surface area contributed by atoms with Crippen LogP contribution in [0, 0.1) is 5.92 Å². The van der Waals surface area contributed by atoms with E-state index in [1.54, 1.807) is 6.20 Å². The number of benzene rings is 1. The minimum absolute atomic E-state index is 0.247. The second kappa shape index (κ2) is 9.08. The number of carbonyl (C=O) groups is 1. The molecule has 6 heteroatoms. The molecule has 0 unspecified atom stereocenters. The van der Waals surface area contributed by atoms with Crippen LogP contribution in [0.3, 0.4) is 0 Å². The SMILES string of the molecule is CCOc1ccc(-c2cncc(C(=O)N/N=C/C3CCCCC3)n2)cc1. The molecule has 1 aromatic carbocycles. The normalized spacial score (nSPS) is 15.1. The highest BCUT2D eigenvalue weighted by molar-refractivity contribution is 5.92. The van der Waals surface area contributed by atoms with E-state index in [-0.39, 0.29) is 11.6 Å². The summed E-state index contributed by atoms with van der Waals surface area (Å²) in [6.45, 7) is 2.56. The van der Waals surface area contributed by atoms with E-state index < -0.39 is 0 Å². The van der Waals surface area contributed by atoms with Crippen LogP contribution in [0.4, 0.5) is 0 Å². The molecule has 1 aliphatic rings. The van der Waals surface area contributed by atoms with Gasteiger partial charge in [-0.1, -0.05) is 19.3 Å². The molecule has 1 saturated carbocycles. The molecule has 2 aromatic rings. The molecule has 1 aromatic heterocycles. The standard InChI is InChI=1S/C20H24N4O2/c1-2-26-17-10-8-16(9-11-17)18-13-21-14-19(23-18)20(25)24-22-12-15-6-4-3-5-7-15/h8-15H,2-7H2,1H3,(H,24,25)/b22-12+. The second-order valence-electron chi connectivity index (χ2n) is 6.36. The van der Waals surface area contributed by atoms with Crippen molar-refractivity contribution in [2.45, 2.75) is 39.0 Å². The number of nitrogens with one attached hydrogen (secondary N) is 1. The quantitative estimate of drug-likeness (QED) is 0.633. The summed E-state index contributed by atoms with van der Waals surface area (Å²) in [4.78, 5) is 20.8. The Kier molecular flexibility index (Phi) is 6.30. The van der Waals surface area contributed by atoms with Crippen molar-refractivity contribution >= 4 is 12.1 Å². The molecule has 0 radical (unpaired) electrons. The van der Waals surface area contributed by atoms with Gasteiger partial charge in [0.1, 0.15) is 11.4 Å². The van der Waals surface area contributed by atoms with E-state index in [0.717, 1.165) is 24.2 Å². The number of amides is 1. The Morgan fingerprint density at radius 1 is 1.23 bits per heavy atom. The molecule has 1 fully saturated rings. The number of ether oxygens (including phenoxy) is 1. The van der Waals surface area contributed by atoms with Crippen molar-refractivity contribution in [3.05, 3.63) is 42.4 Å². The predicted octanol–water partition coefficient (Wildman–Crippen LogP) is 3.84. The Bertz CT molecular complexity index is 753. The van der Waals surface area contributed by atoms with Gasteiger partial charge in [-0.05, 0) is 49.9 Å². The summed E-state index contributed by atoms with van der Waals surface area (Å²) in [5, 5.41) is 4.10. The maximum Gasteiger partial charge on any atom is 0.291 e. The van der Waals surface area contributed by atoms with Crippen LogP contribution in [0.25, 0.3) is 11.3 Å². The third-order valence-electron chi connectivity index (χ3n) is 4.43. The van der Waals surface area contributed by atoms with Gasteiger partial charge in [0, 0.05) is 11.8 Å². The van der Waals surface area contributed by atoms with Gasteiger partial charge in [0.15, 0.2) is 0 Å². The summed E-state index contributed by atoms with van der Waals surface area (Å²) in [6.07, 6.45) is 11.0. The average Bonchev–Trinajstić information content (AvgIpc) is 2.70. The molecule has 1 N–H and O–H groups in total. The fourth-order valence-corrected chi connectivity index (χ4v) is 3.04. The minimum Gasteiger partial charge on any atom is -0.494 e. The molecule has 0 saturated heterocycles. The average molecular weight is 352 g/mol. The first kappa shape index (κ1) is 18.0. The molecule has 1 heterocycles. The van der Waals surface area contributed by atoms with Crippen LogP contribution >= 0.6 is 0 Å². The van der Waals surface area contributed by atoms with Gasteiger partial charge in [0.25, 0.3) is 5.91 Å². The molecule has 1 amide bonds. The second-order valence-corrected chi connectivity index (χ2v) is 6.36. The van der Waals surface area contributed by atoms with E-state index in [1.165, 1.54) is 25.5 Å². The summed E-state index contributed by atoms with van der Waals surface area (Å²) >= 11 is 0. The number of hydrazone groups is 1. The van der Waals surface area contributed by atoms with E-state index in [0.29, 0.717) is 18.2 Å². The van der Waals surface area contributed by atoms with Crippen molar-refractivity contribution < 1.29 is 9.53 Å². The molecule has 0 bridgehead atoms. The van der Waals surface area contributed by atoms with Crippen molar-refractivity contribution in [2.24, 2.45) is 11.0 Å². The highest BCUT2D eigenvalue weighted by Crippen LogP contribution is 2.22. The summed E-state index contributed by atoms with van der Waals surface area (Å²) in [5.74, 6) is 0.915. The Labute approximate surface area is 153 Å². The van der Waals surface area contributed by atoms with Gasteiger partial charge in [0.2, 0.25) is 0 Å². The van der Waals surface area contributed by atoms with Gasteiger partial charge in [-0.15, -0.1) is 0 Å². The van der Waals surface area contributed by atoms with Crippen LogP contribution in [0.15, 0.2) is 41.8 Å². The number of carbonyl (C=O) groups excluding carboxylic acids is 1. The van der Waals surface area contributed by atoms with Crippen LogP contribution in [-0.2, 0) is 0 Å². The molecule has 1 aliphatic carbocycles. The Hall–Kier alpha value is -2.76. The molecule has 0 spiro atoms. The lowest BCUT2D eigenvalue weighted by Crippen LogP contribution is -2.20. The number of aromatic nitrogens is 2. The first-order valence-corrected chi connectivity index (χ1v) is 9.15. The lowest BCUT2D eigenvalue weighted by molar-refractivity contribution is 0.0949. The molecular weight excluding hydrogens is 328 g/mol. The number of hydrogen-bond donors (Lipinski definition) is 1. The van der Waals surface area contributed by atoms with Gasteiger partial charge in [-0.3, -0.25) is 9.78 Å². The van der Waals surface area contributed by atoms with Crippen molar-refractivity contribution in [1.82, 2.24) is 15.4 Å². The highest BCUT2D eigenvalue weighted by Gasteiger charge is 2.12. The lowest BCUT2D eigenvalue weighted by atomic mass is 9.90. The first-order chi connectivity index (χ1) is 12.8. The lowest BCUT2D eigenvalue weighted by Gasteiger charge is -2.16. The molecule has 0 atom stereocenters. The summed E-state index contributed by atoms with van der Waals surface area (Å²) in [6, 6.07) is 7.55. The van der Waals surface area contributed by atoms with E-state index in [4.69, 9.17) is 4.74 Å². The van der Waals surface area contributed by atoms with E-state index in [1.807, 2.05) is 37.4 Å². The number of rotatable bonds is 6. The van der Waals surface area contributed by atoms with Crippen LogP contribution in [0.5, 0.6) is 5.75 Å². The van der Waals surface area contributed by atoms with E-state index in [9.17, 15) is 4.79 Å². The first-order valence-electron chi connectivity index (χ1n) is 9.15. The smallest absolute Gasteiger partial charge is 0.291 e. The van der Waals surface area contributed by atoms with Gasteiger partial charge in [-0.25, -0.2) is 10.4 Å². The van der Waals surface area contributed by atoms with Crippen LogP contribution in [0.2, 0.25) is 0 Å². The van der Waals surface area contributed by atoms with Gasteiger partial charge >= 0.3 is 0 Å². The topological polar surface area (TPSA) is 76.5 Å². The monoisotopic (exact) mass is 352 g/mol. The Morgan fingerprint density at radius 3 is 2.73 bits per heavy atom. The zero-order valence-corrected chi connectivity index (χ0v) is 15.0. The number of hydrogen-bond acceptors (Lipinski definition) is 5. The van der Waals surface area contributed by atoms with E-state index >= 15 is 0 Å². The van der Waals surface area contributed by atoms with Crippen molar-refractivity contribution in [3.63, 3.8) is 0 Å². The maximum atomic E-state index is 12.3. The predicted molar refractivity (Wildman–Crippen MR) is 101 cm³/mol. The number of nitrogens with zero attached hydrogens (tertiary/aromatic N) is 3. The fourth-order valence-electron chi connectivity index (χ4n) is 3.04. The van der Waals surface area contributed by atoms with Crippen LogP contribution < -0.4 is 10.2 Å². The highest BCUT2D eigenvalue weighted by atomic mass is 16.5. The van der Waals surface area contributed by atoms with Crippen molar-refractivity contribution in [2.75, 3.05) is 6.61 Å². The van der Waals surface area contributed by atoms with Gasteiger partial charge < -0.3 is 4.74 Å². The zero-order valence-electron chi connectivity index (χ0n) is 15.0. The minimum atomic E-state index is -0.350. The van der Waals surface area contributed by atoms with Gasteiger partial charge in [-0.2, -0.15) is 5.10 Å². The van der Waals surface area contributed by atoms with Crippen LogP contribution in [0.1, 0.15) is 49.5 Å². The molecule has 136 valence electrons. The van der Waals surface area contributed by atoms with Crippen molar-refractivity contribution in [3.8, 4) is 17.0 Å². The Balaban J connectivity index is 1.64.